The van der Waals surface area contributed by atoms with Crippen LogP contribution in [0.1, 0.15) is 30.0 Å². The first-order chi connectivity index (χ1) is 8.22. The van der Waals surface area contributed by atoms with Gasteiger partial charge >= 0.3 is 0 Å². The molecule has 1 unspecified atom stereocenters. The average Bonchev–Trinajstić information content (AvgIpc) is 2.63. The number of aryl methyl sites for hydroxylation is 2. The van der Waals surface area contributed by atoms with Crippen molar-refractivity contribution in [2.45, 2.75) is 25.2 Å². The number of hydrogen-bond acceptors (Lipinski definition) is 1. The monoisotopic (exact) mass is 292 g/mol. The van der Waals surface area contributed by atoms with E-state index in [1.54, 1.807) is 0 Å². The van der Waals surface area contributed by atoms with Gasteiger partial charge in [-0.1, -0.05) is 22.0 Å². The average molecular weight is 293 g/mol. The minimum atomic E-state index is 0.537. The lowest BCUT2D eigenvalue weighted by Gasteiger charge is -2.23. The molecule has 1 aromatic heterocycles. The molecule has 1 aliphatic rings. The Balaban J connectivity index is 2.33. The predicted molar refractivity (Wildman–Crippen MR) is 75.4 cm³/mol. The van der Waals surface area contributed by atoms with Gasteiger partial charge in [-0.05, 0) is 37.0 Å². The summed E-state index contributed by atoms with van der Waals surface area (Å²) in [6.07, 6.45) is 3.70. The van der Waals surface area contributed by atoms with Crippen LogP contribution in [0, 0.1) is 0 Å². The van der Waals surface area contributed by atoms with Crippen molar-refractivity contribution >= 4 is 26.8 Å². The molecule has 1 aromatic carbocycles. The Morgan fingerprint density at radius 3 is 3.06 bits per heavy atom. The molecule has 0 saturated heterocycles. The highest BCUT2D eigenvalue weighted by Gasteiger charge is 2.25. The lowest BCUT2D eigenvalue weighted by atomic mass is 9.87. The fraction of sp³-hybridized carbons (Fsp3) is 0.429. The van der Waals surface area contributed by atoms with Crippen LogP contribution in [-0.2, 0) is 13.5 Å². The van der Waals surface area contributed by atoms with Crippen molar-refractivity contribution < 1.29 is 0 Å². The van der Waals surface area contributed by atoms with Crippen LogP contribution in [-0.4, -0.2) is 11.1 Å². The van der Waals surface area contributed by atoms with Gasteiger partial charge in [0.1, 0.15) is 0 Å². The van der Waals surface area contributed by atoms with Crippen LogP contribution in [0.15, 0.2) is 22.7 Å². The van der Waals surface area contributed by atoms with Crippen LogP contribution >= 0.6 is 15.9 Å². The molecule has 1 aliphatic carbocycles. The summed E-state index contributed by atoms with van der Waals surface area (Å²) in [7, 11) is 2.17. The third kappa shape index (κ3) is 1.64. The number of benzene rings is 1. The molecular weight excluding hydrogens is 276 g/mol. The van der Waals surface area contributed by atoms with Gasteiger partial charge in [0, 0.05) is 40.6 Å². The van der Waals surface area contributed by atoms with Crippen LogP contribution in [0.3, 0.4) is 0 Å². The zero-order chi connectivity index (χ0) is 12.0. The van der Waals surface area contributed by atoms with Crippen molar-refractivity contribution in [1.82, 2.24) is 4.57 Å². The first-order valence-electron chi connectivity index (χ1n) is 6.19. The Bertz CT molecular complexity index is 571. The molecule has 0 radical (unpaired) electrons. The number of fused-ring (bicyclic) bond motifs is 3. The first kappa shape index (κ1) is 11.3. The Hall–Kier alpha value is -0.800. The van der Waals surface area contributed by atoms with Crippen LogP contribution < -0.4 is 5.73 Å². The predicted octanol–water partition coefficient (Wildman–Crippen LogP) is 3.32. The van der Waals surface area contributed by atoms with Crippen LogP contribution in [0.5, 0.6) is 0 Å². The van der Waals surface area contributed by atoms with Crippen molar-refractivity contribution in [3.63, 3.8) is 0 Å². The largest absolute Gasteiger partial charge is 0.347 e. The summed E-state index contributed by atoms with van der Waals surface area (Å²) in [6.45, 7) is 0.762. The summed E-state index contributed by atoms with van der Waals surface area (Å²) >= 11 is 3.55. The molecule has 1 atom stereocenters. The fourth-order valence-corrected chi connectivity index (χ4v) is 3.53. The summed E-state index contributed by atoms with van der Waals surface area (Å²) in [6, 6.07) is 6.58. The molecule has 17 heavy (non-hydrogen) atoms. The maximum absolute atomic E-state index is 5.92. The summed E-state index contributed by atoms with van der Waals surface area (Å²) in [5.41, 5.74) is 10.2. The van der Waals surface area contributed by atoms with E-state index in [4.69, 9.17) is 5.73 Å². The number of nitrogens with zero attached hydrogens (tertiary/aromatic N) is 1. The number of hydrogen-bond donors (Lipinski definition) is 1. The van der Waals surface area contributed by atoms with E-state index in [0.717, 1.165) is 11.0 Å². The van der Waals surface area contributed by atoms with Gasteiger partial charge in [0.05, 0.1) is 0 Å². The van der Waals surface area contributed by atoms with E-state index >= 15 is 0 Å². The fourth-order valence-electron chi connectivity index (χ4n) is 3.18. The molecule has 0 spiro atoms. The molecule has 0 amide bonds. The number of halogens is 1. The molecule has 2 nitrogen and oxygen atoms in total. The summed E-state index contributed by atoms with van der Waals surface area (Å²) in [4.78, 5) is 0. The number of aromatic nitrogens is 1. The van der Waals surface area contributed by atoms with Gasteiger partial charge in [-0.2, -0.15) is 0 Å². The SMILES string of the molecule is Cn1c2c(c3ccc(Br)cc31)CCCC2CN. The highest BCUT2D eigenvalue weighted by Crippen LogP contribution is 2.38. The van der Waals surface area contributed by atoms with E-state index < -0.39 is 0 Å². The number of nitrogens with two attached hydrogens (primary N) is 1. The van der Waals surface area contributed by atoms with Crippen molar-refractivity contribution in [1.29, 1.82) is 0 Å². The second-order valence-electron chi connectivity index (χ2n) is 4.91. The summed E-state index contributed by atoms with van der Waals surface area (Å²) in [5.74, 6) is 0.537. The van der Waals surface area contributed by atoms with Crippen molar-refractivity contribution in [2.24, 2.45) is 12.8 Å². The molecule has 90 valence electrons. The molecule has 3 rings (SSSR count). The van der Waals surface area contributed by atoms with Gasteiger partial charge in [-0.3, -0.25) is 0 Å². The first-order valence-corrected chi connectivity index (χ1v) is 6.98. The second kappa shape index (κ2) is 4.14. The Kier molecular flexibility index (Phi) is 2.75. The summed E-state index contributed by atoms with van der Waals surface area (Å²) in [5, 5.41) is 1.41. The quantitative estimate of drug-likeness (QED) is 0.859. The molecular formula is C14H17BrN2. The maximum atomic E-state index is 5.92. The van der Waals surface area contributed by atoms with Crippen LogP contribution in [0.4, 0.5) is 0 Å². The molecule has 0 fully saturated rings. The van der Waals surface area contributed by atoms with E-state index in [9.17, 15) is 0 Å². The smallest absolute Gasteiger partial charge is 0.0494 e. The van der Waals surface area contributed by atoms with E-state index in [0.29, 0.717) is 5.92 Å². The van der Waals surface area contributed by atoms with Crippen molar-refractivity contribution in [3.05, 3.63) is 33.9 Å². The van der Waals surface area contributed by atoms with Gasteiger partial charge in [0.25, 0.3) is 0 Å². The van der Waals surface area contributed by atoms with E-state index in [1.165, 1.54) is 41.4 Å². The van der Waals surface area contributed by atoms with Gasteiger partial charge in [0.2, 0.25) is 0 Å². The standard InChI is InChI=1S/C14H17BrN2/c1-17-13-7-10(15)5-6-11(13)12-4-2-3-9(8-16)14(12)17/h5-7,9H,2-4,8,16H2,1H3. The maximum Gasteiger partial charge on any atom is 0.0494 e. The highest BCUT2D eigenvalue weighted by molar-refractivity contribution is 9.10. The summed E-state index contributed by atoms with van der Waals surface area (Å²) < 4.78 is 3.48. The molecule has 2 aromatic rings. The Labute approximate surface area is 110 Å². The molecule has 1 heterocycles. The molecule has 0 bridgehead atoms. The van der Waals surface area contributed by atoms with Gasteiger partial charge in [-0.25, -0.2) is 0 Å². The minimum absolute atomic E-state index is 0.537. The van der Waals surface area contributed by atoms with Crippen LogP contribution in [0.25, 0.3) is 10.9 Å². The van der Waals surface area contributed by atoms with Gasteiger partial charge < -0.3 is 10.3 Å². The lowest BCUT2D eigenvalue weighted by molar-refractivity contribution is 0.534. The zero-order valence-corrected chi connectivity index (χ0v) is 11.6. The van der Waals surface area contributed by atoms with Gasteiger partial charge in [0.15, 0.2) is 0 Å². The molecule has 0 aliphatic heterocycles. The number of rotatable bonds is 1. The highest BCUT2D eigenvalue weighted by atomic mass is 79.9. The zero-order valence-electron chi connectivity index (χ0n) is 10.0. The van der Waals surface area contributed by atoms with E-state index in [1.807, 2.05) is 0 Å². The Morgan fingerprint density at radius 2 is 2.29 bits per heavy atom. The normalized spacial score (nSPS) is 19.6. The van der Waals surface area contributed by atoms with Crippen LogP contribution in [0.2, 0.25) is 0 Å². The minimum Gasteiger partial charge on any atom is -0.347 e. The molecule has 0 saturated carbocycles. The lowest BCUT2D eigenvalue weighted by Crippen LogP contribution is -2.20. The van der Waals surface area contributed by atoms with E-state index in [2.05, 4.69) is 45.7 Å². The third-order valence-corrected chi connectivity index (χ3v) is 4.46. The van der Waals surface area contributed by atoms with Crippen molar-refractivity contribution in [3.8, 4) is 0 Å². The third-order valence-electron chi connectivity index (χ3n) is 3.97. The topological polar surface area (TPSA) is 30.9 Å². The molecule has 2 N–H and O–H groups in total. The van der Waals surface area contributed by atoms with Gasteiger partial charge in [-0.15, -0.1) is 0 Å². The molecule has 3 heteroatoms. The van der Waals surface area contributed by atoms with Crippen molar-refractivity contribution in [2.75, 3.05) is 6.54 Å². The second-order valence-corrected chi connectivity index (χ2v) is 5.82. The Morgan fingerprint density at radius 1 is 1.47 bits per heavy atom. The van der Waals surface area contributed by atoms with E-state index in [-0.39, 0.29) is 0 Å².